The second-order valence-corrected chi connectivity index (χ2v) is 4.72. The van der Waals surface area contributed by atoms with Crippen LogP contribution in [0.3, 0.4) is 0 Å². The van der Waals surface area contributed by atoms with Crippen molar-refractivity contribution in [2.75, 3.05) is 5.32 Å². The van der Waals surface area contributed by atoms with Crippen LogP contribution in [-0.2, 0) is 13.6 Å². The van der Waals surface area contributed by atoms with Gasteiger partial charge in [-0.05, 0) is 17.7 Å². The molecule has 0 amide bonds. The molecule has 1 N–H and O–H groups in total. The van der Waals surface area contributed by atoms with E-state index in [-0.39, 0.29) is 0 Å². The van der Waals surface area contributed by atoms with Gasteiger partial charge in [-0.2, -0.15) is 5.10 Å². The molecule has 1 heterocycles. The molecular formula is C11H11BrClN3. The molecule has 0 unspecified atom stereocenters. The zero-order chi connectivity index (χ0) is 11.5. The van der Waals surface area contributed by atoms with E-state index in [1.54, 1.807) is 10.9 Å². The van der Waals surface area contributed by atoms with Crippen molar-refractivity contribution in [3.63, 3.8) is 0 Å². The predicted molar refractivity (Wildman–Crippen MR) is 69.7 cm³/mol. The lowest BCUT2D eigenvalue weighted by Gasteiger charge is -2.08. The van der Waals surface area contributed by atoms with E-state index in [0.717, 1.165) is 27.4 Å². The van der Waals surface area contributed by atoms with Crippen molar-refractivity contribution in [1.82, 2.24) is 9.78 Å². The number of benzene rings is 1. The summed E-state index contributed by atoms with van der Waals surface area (Å²) < 4.78 is 2.80. The smallest absolute Gasteiger partial charge is 0.124 e. The van der Waals surface area contributed by atoms with Crippen LogP contribution in [0.25, 0.3) is 0 Å². The Morgan fingerprint density at radius 1 is 1.44 bits per heavy atom. The van der Waals surface area contributed by atoms with Gasteiger partial charge in [0.2, 0.25) is 0 Å². The first-order valence-electron chi connectivity index (χ1n) is 4.82. The van der Waals surface area contributed by atoms with Gasteiger partial charge in [-0.15, -0.1) is 0 Å². The van der Waals surface area contributed by atoms with E-state index >= 15 is 0 Å². The summed E-state index contributed by atoms with van der Waals surface area (Å²) in [5.41, 5.74) is 1.16. The van der Waals surface area contributed by atoms with Gasteiger partial charge in [0.15, 0.2) is 0 Å². The van der Waals surface area contributed by atoms with Gasteiger partial charge in [-0.25, -0.2) is 0 Å². The molecule has 16 heavy (non-hydrogen) atoms. The van der Waals surface area contributed by atoms with Crippen LogP contribution in [0.2, 0.25) is 5.02 Å². The van der Waals surface area contributed by atoms with E-state index < -0.39 is 0 Å². The summed E-state index contributed by atoms with van der Waals surface area (Å²) in [5, 5.41) is 8.12. The Hall–Kier alpha value is -1.000. The van der Waals surface area contributed by atoms with E-state index in [2.05, 4.69) is 26.3 Å². The van der Waals surface area contributed by atoms with E-state index in [1.807, 2.05) is 31.3 Å². The molecule has 5 heteroatoms. The van der Waals surface area contributed by atoms with Gasteiger partial charge in [-0.1, -0.05) is 33.6 Å². The summed E-state index contributed by atoms with van der Waals surface area (Å²) in [6, 6.07) is 7.70. The molecule has 0 aliphatic rings. The molecule has 0 saturated heterocycles. The van der Waals surface area contributed by atoms with Gasteiger partial charge < -0.3 is 5.32 Å². The molecule has 3 nitrogen and oxygen atoms in total. The Labute approximate surface area is 108 Å². The van der Waals surface area contributed by atoms with Crippen molar-refractivity contribution in [3.8, 4) is 0 Å². The minimum Gasteiger partial charge on any atom is -0.366 e. The molecule has 0 atom stereocenters. The van der Waals surface area contributed by atoms with Crippen LogP contribution in [0.1, 0.15) is 5.56 Å². The van der Waals surface area contributed by atoms with Crippen molar-refractivity contribution < 1.29 is 0 Å². The van der Waals surface area contributed by atoms with E-state index in [4.69, 9.17) is 11.6 Å². The molecule has 0 aliphatic carbocycles. The molecule has 0 bridgehead atoms. The van der Waals surface area contributed by atoms with Crippen molar-refractivity contribution in [2.45, 2.75) is 6.54 Å². The van der Waals surface area contributed by atoms with Crippen molar-refractivity contribution >= 4 is 33.3 Å². The fourth-order valence-electron chi connectivity index (χ4n) is 1.40. The van der Waals surface area contributed by atoms with Crippen LogP contribution in [0, 0.1) is 0 Å². The lowest BCUT2D eigenvalue weighted by Crippen LogP contribution is -2.04. The molecule has 0 saturated carbocycles. The number of rotatable bonds is 3. The molecular weight excluding hydrogens is 289 g/mol. The second kappa shape index (κ2) is 4.89. The summed E-state index contributed by atoms with van der Waals surface area (Å²) in [6.07, 6.45) is 1.76. The molecule has 84 valence electrons. The van der Waals surface area contributed by atoms with Crippen molar-refractivity contribution in [2.24, 2.45) is 7.05 Å². The van der Waals surface area contributed by atoms with E-state index in [0.29, 0.717) is 0 Å². The number of nitrogens with one attached hydrogen (secondary N) is 1. The average molecular weight is 301 g/mol. The zero-order valence-corrected chi connectivity index (χ0v) is 11.1. The van der Waals surface area contributed by atoms with Gasteiger partial charge in [0.05, 0.1) is 6.20 Å². The maximum atomic E-state index is 5.88. The lowest BCUT2D eigenvalue weighted by molar-refractivity contribution is 0.769. The maximum absolute atomic E-state index is 5.88. The van der Waals surface area contributed by atoms with Crippen LogP contribution in [-0.4, -0.2) is 9.78 Å². The number of halogens is 2. The van der Waals surface area contributed by atoms with Crippen LogP contribution in [0.15, 0.2) is 34.9 Å². The molecule has 0 fully saturated rings. The highest BCUT2D eigenvalue weighted by Crippen LogP contribution is 2.22. The fourth-order valence-corrected chi connectivity index (χ4v) is 2.22. The van der Waals surface area contributed by atoms with E-state index in [1.165, 1.54) is 0 Å². The minimum atomic E-state index is 0.733. The third kappa shape index (κ3) is 2.57. The number of hydrogen-bond acceptors (Lipinski definition) is 2. The first kappa shape index (κ1) is 11.5. The van der Waals surface area contributed by atoms with Gasteiger partial charge >= 0.3 is 0 Å². The quantitative estimate of drug-likeness (QED) is 0.941. The first-order chi connectivity index (χ1) is 7.66. The van der Waals surface area contributed by atoms with Crippen molar-refractivity contribution in [3.05, 3.63) is 45.5 Å². The third-order valence-electron chi connectivity index (χ3n) is 2.30. The maximum Gasteiger partial charge on any atom is 0.124 e. The largest absolute Gasteiger partial charge is 0.366 e. The standard InChI is InChI=1S/C11H11BrClN3/c1-16-11(4-5-15-16)14-7-8-2-3-9(13)6-10(8)12/h2-6,14H,7H2,1H3. The second-order valence-electron chi connectivity index (χ2n) is 3.43. The summed E-state index contributed by atoms with van der Waals surface area (Å²) in [5.74, 6) is 0.988. The Morgan fingerprint density at radius 2 is 2.25 bits per heavy atom. The van der Waals surface area contributed by atoms with Crippen LogP contribution in [0.4, 0.5) is 5.82 Å². The zero-order valence-electron chi connectivity index (χ0n) is 8.74. The molecule has 1 aromatic carbocycles. The first-order valence-corrected chi connectivity index (χ1v) is 6.00. The van der Waals surface area contributed by atoms with Crippen molar-refractivity contribution in [1.29, 1.82) is 0 Å². The highest BCUT2D eigenvalue weighted by Gasteiger charge is 2.02. The van der Waals surface area contributed by atoms with Gasteiger partial charge in [0.25, 0.3) is 0 Å². The van der Waals surface area contributed by atoms with Crippen LogP contribution < -0.4 is 5.32 Å². The van der Waals surface area contributed by atoms with Crippen LogP contribution >= 0.6 is 27.5 Å². The van der Waals surface area contributed by atoms with Gasteiger partial charge in [0, 0.05) is 29.2 Å². The average Bonchev–Trinajstić information content (AvgIpc) is 2.63. The Kier molecular flexibility index (Phi) is 3.51. The molecule has 0 spiro atoms. The predicted octanol–water partition coefficient (Wildman–Crippen LogP) is 3.45. The highest BCUT2D eigenvalue weighted by atomic mass is 79.9. The van der Waals surface area contributed by atoms with E-state index in [9.17, 15) is 0 Å². The Morgan fingerprint density at radius 3 is 2.88 bits per heavy atom. The molecule has 0 aliphatic heterocycles. The third-order valence-corrected chi connectivity index (χ3v) is 3.27. The number of aromatic nitrogens is 2. The number of anilines is 1. The highest BCUT2D eigenvalue weighted by molar-refractivity contribution is 9.10. The summed E-state index contributed by atoms with van der Waals surface area (Å²) >= 11 is 9.36. The minimum absolute atomic E-state index is 0.733. The summed E-state index contributed by atoms with van der Waals surface area (Å²) in [7, 11) is 1.90. The number of hydrogen-bond donors (Lipinski definition) is 1. The SMILES string of the molecule is Cn1nccc1NCc1ccc(Cl)cc1Br. The fraction of sp³-hybridized carbons (Fsp3) is 0.182. The lowest BCUT2D eigenvalue weighted by atomic mass is 10.2. The van der Waals surface area contributed by atoms with Crippen LogP contribution in [0.5, 0.6) is 0 Å². The van der Waals surface area contributed by atoms with Gasteiger partial charge in [0.1, 0.15) is 5.82 Å². The Balaban J connectivity index is 2.08. The monoisotopic (exact) mass is 299 g/mol. The number of aryl methyl sites for hydroxylation is 1. The normalized spacial score (nSPS) is 10.4. The Bertz CT molecular complexity index is 496. The van der Waals surface area contributed by atoms with Gasteiger partial charge in [-0.3, -0.25) is 4.68 Å². The molecule has 0 radical (unpaired) electrons. The number of nitrogens with zero attached hydrogens (tertiary/aromatic N) is 2. The summed E-state index contributed by atoms with van der Waals surface area (Å²) in [4.78, 5) is 0. The molecule has 2 aromatic rings. The summed E-state index contributed by atoms with van der Waals surface area (Å²) in [6.45, 7) is 0.733. The molecule has 1 aromatic heterocycles. The topological polar surface area (TPSA) is 29.9 Å². The molecule has 2 rings (SSSR count).